The van der Waals surface area contributed by atoms with Crippen LogP contribution >= 0.6 is 0 Å². The number of benzene rings is 1. The van der Waals surface area contributed by atoms with E-state index in [0.717, 1.165) is 5.56 Å². The molecule has 1 aromatic carbocycles. The minimum absolute atomic E-state index is 0.0854. The summed E-state index contributed by atoms with van der Waals surface area (Å²) in [5.74, 6) is 0.770. The minimum Gasteiger partial charge on any atom is -0.496 e. The Morgan fingerprint density at radius 3 is 2.67 bits per heavy atom. The molecule has 1 atom stereocenters. The van der Waals surface area contributed by atoms with E-state index >= 15 is 0 Å². The molecule has 18 heavy (non-hydrogen) atoms. The summed E-state index contributed by atoms with van der Waals surface area (Å²) in [5.41, 5.74) is 0.775. The molecule has 1 rings (SSSR count). The molecule has 0 radical (unpaired) electrons. The molecule has 0 saturated heterocycles. The van der Waals surface area contributed by atoms with Crippen molar-refractivity contribution in [3.63, 3.8) is 0 Å². The van der Waals surface area contributed by atoms with Gasteiger partial charge in [-0.2, -0.15) is 0 Å². The molecule has 1 aromatic rings. The molecule has 0 aromatic heterocycles. The van der Waals surface area contributed by atoms with Gasteiger partial charge in [0.2, 0.25) is 5.91 Å². The van der Waals surface area contributed by atoms with E-state index in [9.17, 15) is 9.90 Å². The van der Waals surface area contributed by atoms with E-state index in [0.29, 0.717) is 25.0 Å². The highest BCUT2D eigenvalue weighted by Gasteiger charge is 2.13. The maximum absolute atomic E-state index is 11.4. The maximum atomic E-state index is 11.4. The molecule has 1 unspecified atom stereocenters. The normalized spacial score (nSPS) is 12.0. The Morgan fingerprint density at radius 1 is 1.39 bits per heavy atom. The summed E-state index contributed by atoms with van der Waals surface area (Å²) in [6.45, 7) is 0. The molecule has 0 spiro atoms. The van der Waals surface area contributed by atoms with E-state index in [4.69, 9.17) is 4.74 Å². The predicted molar refractivity (Wildman–Crippen MR) is 70.5 cm³/mol. The third kappa shape index (κ3) is 4.04. The average molecular weight is 251 g/mol. The van der Waals surface area contributed by atoms with Gasteiger partial charge in [0, 0.05) is 26.1 Å². The number of aliphatic hydroxyl groups excluding tert-OH is 1. The molecule has 0 aliphatic heterocycles. The molecule has 1 N–H and O–H groups in total. The Bertz CT molecular complexity index is 390. The van der Waals surface area contributed by atoms with Crippen molar-refractivity contribution in [3.05, 3.63) is 29.8 Å². The van der Waals surface area contributed by atoms with Crippen molar-refractivity contribution in [1.82, 2.24) is 4.90 Å². The Balaban J connectivity index is 2.50. The van der Waals surface area contributed by atoms with E-state index in [-0.39, 0.29) is 5.91 Å². The van der Waals surface area contributed by atoms with E-state index < -0.39 is 6.10 Å². The van der Waals surface area contributed by atoms with Gasteiger partial charge in [0.1, 0.15) is 5.75 Å². The number of ether oxygens (including phenoxy) is 1. The first-order valence-corrected chi connectivity index (χ1v) is 6.07. The highest BCUT2D eigenvalue weighted by Crippen LogP contribution is 2.27. The zero-order valence-corrected chi connectivity index (χ0v) is 11.2. The Morgan fingerprint density at radius 2 is 2.06 bits per heavy atom. The van der Waals surface area contributed by atoms with Crippen molar-refractivity contribution >= 4 is 5.91 Å². The van der Waals surface area contributed by atoms with Crippen LogP contribution in [0.2, 0.25) is 0 Å². The molecule has 0 bridgehead atoms. The quantitative estimate of drug-likeness (QED) is 0.841. The van der Waals surface area contributed by atoms with Gasteiger partial charge in [-0.1, -0.05) is 18.2 Å². The van der Waals surface area contributed by atoms with Crippen LogP contribution in [0.25, 0.3) is 0 Å². The molecule has 100 valence electrons. The summed E-state index contributed by atoms with van der Waals surface area (Å²) in [5, 5.41) is 10.1. The molecule has 4 nitrogen and oxygen atoms in total. The number of nitrogens with zero attached hydrogens (tertiary/aromatic N) is 1. The average Bonchev–Trinajstić information content (AvgIpc) is 2.38. The molecule has 0 aliphatic carbocycles. The summed E-state index contributed by atoms with van der Waals surface area (Å²) >= 11 is 0. The van der Waals surface area contributed by atoms with Crippen molar-refractivity contribution in [2.45, 2.75) is 25.4 Å². The zero-order valence-electron chi connectivity index (χ0n) is 11.2. The van der Waals surface area contributed by atoms with Gasteiger partial charge in [0.25, 0.3) is 0 Å². The zero-order chi connectivity index (χ0) is 13.5. The second kappa shape index (κ2) is 7.01. The van der Waals surface area contributed by atoms with Gasteiger partial charge >= 0.3 is 0 Å². The number of para-hydroxylation sites is 1. The van der Waals surface area contributed by atoms with Crippen molar-refractivity contribution in [2.24, 2.45) is 0 Å². The molecule has 4 heteroatoms. The van der Waals surface area contributed by atoms with E-state index in [1.165, 1.54) is 0 Å². The monoisotopic (exact) mass is 251 g/mol. The first-order chi connectivity index (χ1) is 8.56. The molecular formula is C14H21NO3. The molecule has 1 amide bonds. The summed E-state index contributed by atoms with van der Waals surface area (Å²) in [4.78, 5) is 13.0. The van der Waals surface area contributed by atoms with Crippen LogP contribution in [-0.4, -0.2) is 37.1 Å². The number of carbonyl (C=O) groups is 1. The lowest BCUT2D eigenvalue weighted by Crippen LogP contribution is -2.21. The van der Waals surface area contributed by atoms with Crippen LogP contribution in [0.1, 0.15) is 30.9 Å². The number of methoxy groups -OCH3 is 1. The van der Waals surface area contributed by atoms with Crippen molar-refractivity contribution < 1.29 is 14.6 Å². The van der Waals surface area contributed by atoms with Crippen molar-refractivity contribution in [1.29, 1.82) is 0 Å². The van der Waals surface area contributed by atoms with Gasteiger partial charge in [-0.15, -0.1) is 0 Å². The van der Waals surface area contributed by atoms with Gasteiger partial charge in [-0.3, -0.25) is 4.79 Å². The van der Waals surface area contributed by atoms with Crippen LogP contribution in [0, 0.1) is 0 Å². The molecule has 0 heterocycles. The van der Waals surface area contributed by atoms with Gasteiger partial charge in [0.15, 0.2) is 0 Å². The third-order valence-electron chi connectivity index (χ3n) is 2.86. The van der Waals surface area contributed by atoms with E-state index in [1.54, 1.807) is 26.1 Å². The van der Waals surface area contributed by atoms with E-state index in [2.05, 4.69) is 0 Å². The first kappa shape index (κ1) is 14.5. The summed E-state index contributed by atoms with van der Waals surface area (Å²) in [7, 11) is 5.05. The van der Waals surface area contributed by atoms with Gasteiger partial charge in [-0.05, 0) is 18.9 Å². The summed E-state index contributed by atoms with van der Waals surface area (Å²) < 4.78 is 5.20. The second-order valence-electron chi connectivity index (χ2n) is 4.44. The summed E-state index contributed by atoms with van der Waals surface area (Å²) in [6, 6.07) is 7.40. The van der Waals surface area contributed by atoms with Gasteiger partial charge in [0.05, 0.1) is 13.2 Å². The smallest absolute Gasteiger partial charge is 0.222 e. The van der Waals surface area contributed by atoms with E-state index in [1.807, 2.05) is 24.3 Å². The molecule has 0 fully saturated rings. The highest BCUT2D eigenvalue weighted by molar-refractivity contribution is 5.75. The minimum atomic E-state index is -0.587. The van der Waals surface area contributed by atoms with Crippen LogP contribution in [0.3, 0.4) is 0 Å². The number of aliphatic hydroxyl groups is 1. The fourth-order valence-corrected chi connectivity index (χ4v) is 1.77. The SMILES string of the molecule is COc1ccccc1C(O)CCCC(=O)N(C)C. The lowest BCUT2D eigenvalue weighted by atomic mass is 10.0. The van der Waals surface area contributed by atoms with Crippen LogP contribution in [0.15, 0.2) is 24.3 Å². The van der Waals surface area contributed by atoms with Crippen molar-refractivity contribution in [2.75, 3.05) is 21.2 Å². The number of carbonyl (C=O) groups excluding carboxylic acids is 1. The van der Waals surface area contributed by atoms with Crippen LogP contribution in [0.5, 0.6) is 5.75 Å². The van der Waals surface area contributed by atoms with Gasteiger partial charge in [-0.25, -0.2) is 0 Å². The molecular weight excluding hydrogens is 230 g/mol. The molecule has 0 saturated carbocycles. The lowest BCUT2D eigenvalue weighted by Gasteiger charge is -2.15. The molecule has 0 aliphatic rings. The van der Waals surface area contributed by atoms with Crippen molar-refractivity contribution in [3.8, 4) is 5.75 Å². The number of hydrogen-bond donors (Lipinski definition) is 1. The summed E-state index contributed by atoms with van der Waals surface area (Å²) in [6.07, 6.45) is 1.09. The predicted octanol–water partition coefficient (Wildman–Crippen LogP) is 1.99. The Kier molecular flexibility index (Phi) is 5.65. The van der Waals surface area contributed by atoms with Crippen LogP contribution in [0.4, 0.5) is 0 Å². The van der Waals surface area contributed by atoms with Gasteiger partial charge < -0.3 is 14.7 Å². The number of rotatable bonds is 6. The Labute approximate surface area is 108 Å². The highest BCUT2D eigenvalue weighted by atomic mass is 16.5. The Hall–Kier alpha value is -1.55. The maximum Gasteiger partial charge on any atom is 0.222 e. The fraction of sp³-hybridized carbons (Fsp3) is 0.500. The first-order valence-electron chi connectivity index (χ1n) is 6.07. The standard InChI is InChI=1S/C14H21NO3/c1-15(2)14(17)10-6-8-12(16)11-7-4-5-9-13(11)18-3/h4-5,7,9,12,16H,6,8,10H2,1-3H3. The fourth-order valence-electron chi connectivity index (χ4n) is 1.77. The third-order valence-corrected chi connectivity index (χ3v) is 2.86. The number of hydrogen-bond acceptors (Lipinski definition) is 3. The lowest BCUT2D eigenvalue weighted by molar-refractivity contribution is -0.128. The topological polar surface area (TPSA) is 49.8 Å². The van der Waals surface area contributed by atoms with Crippen LogP contribution in [-0.2, 0) is 4.79 Å². The second-order valence-corrected chi connectivity index (χ2v) is 4.44. The largest absolute Gasteiger partial charge is 0.496 e. The number of amides is 1. The van der Waals surface area contributed by atoms with Crippen LogP contribution < -0.4 is 4.74 Å².